The second-order valence-electron chi connectivity index (χ2n) is 9.16. The SMILES string of the molecule is CC[C@@H](CC[C@@H](C)C(=O)O)c1cccc(Cn2cc(-c3cc(-c4cccc(C#N)c4)nc(C)n3)nn2)n1. The molecule has 3 aromatic heterocycles. The molecule has 4 aromatic rings. The van der Waals surface area contributed by atoms with E-state index in [4.69, 9.17) is 4.98 Å². The number of pyridine rings is 1. The largest absolute Gasteiger partial charge is 0.481 e. The Labute approximate surface area is 215 Å². The Kier molecular flexibility index (Phi) is 7.98. The summed E-state index contributed by atoms with van der Waals surface area (Å²) >= 11 is 0. The fourth-order valence-electron chi connectivity index (χ4n) is 4.20. The van der Waals surface area contributed by atoms with E-state index in [0.717, 1.165) is 29.8 Å². The van der Waals surface area contributed by atoms with Crippen LogP contribution >= 0.6 is 0 Å². The van der Waals surface area contributed by atoms with Crippen molar-refractivity contribution in [3.8, 4) is 28.7 Å². The maximum atomic E-state index is 11.2. The number of aromatic nitrogens is 6. The number of hydrogen-bond acceptors (Lipinski definition) is 7. The van der Waals surface area contributed by atoms with Crippen LogP contribution in [0.25, 0.3) is 22.6 Å². The fourth-order valence-corrected chi connectivity index (χ4v) is 4.20. The highest BCUT2D eigenvalue weighted by atomic mass is 16.4. The van der Waals surface area contributed by atoms with Gasteiger partial charge in [-0.15, -0.1) is 5.10 Å². The number of aryl methyl sites for hydroxylation is 1. The van der Waals surface area contributed by atoms with Gasteiger partial charge in [-0.05, 0) is 56.5 Å². The Bertz CT molecular complexity index is 1440. The number of carboxylic acid groups (broad SMARTS) is 1. The number of benzene rings is 1. The Hall–Kier alpha value is -4.45. The van der Waals surface area contributed by atoms with Crippen LogP contribution < -0.4 is 0 Å². The van der Waals surface area contributed by atoms with Crippen molar-refractivity contribution in [2.45, 2.75) is 52.5 Å². The van der Waals surface area contributed by atoms with Crippen LogP contribution in [0.5, 0.6) is 0 Å². The minimum atomic E-state index is -0.764. The third-order valence-corrected chi connectivity index (χ3v) is 6.36. The van der Waals surface area contributed by atoms with Crippen LogP contribution in [0, 0.1) is 24.2 Å². The predicted molar refractivity (Wildman–Crippen MR) is 138 cm³/mol. The first-order chi connectivity index (χ1) is 17.9. The summed E-state index contributed by atoms with van der Waals surface area (Å²) < 4.78 is 1.72. The molecule has 0 aliphatic carbocycles. The third kappa shape index (κ3) is 6.41. The van der Waals surface area contributed by atoms with Gasteiger partial charge in [0.1, 0.15) is 11.5 Å². The van der Waals surface area contributed by atoms with Crippen molar-refractivity contribution in [3.63, 3.8) is 0 Å². The number of rotatable bonds is 10. The lowest BCUT2D eigenvalue weighted by molar-refractivity contribution is -0.141. The summed E-state index contributed by atoms with van der Waals surface area (Å²) in [6.07, 6.45) is 4.12. The summed E-state index contributed by atoms with van der Waals surface area (Å²) in [6, 6.07) is 17.2. The standard InChI is InChI=1S/C28H29N7O2/c1-4-21(12-11-18(2)28(36)37)24-10-6-9-23(32-24)16-35-17-27(33-34-35)26-14-25(30-19(3)31-26)22-8-5-7-20(13-22)15-29/h5-10,13-14,17-18,21H,4,11-12,16H2,1-3H3,(H,36,37)/t18-,21+/m1/s1. The summed E-state index contributed by atoms with van der Waals surface area (Å²) in [7, 11) is 0. The van der Waals surface area contributed by atoms with Crippen molar-refractivity contribution >= 4 is 5.97 Å². The molecular formula is C28H29N7O2. The van der Waals surface area contributed by atoms with E-state index in [2.05, 4.69) is 33.3 Å². The maximum absolute atomic E-state index is 11.2. The van der Waals surface area contributed by atoms with Gasteiger partial charge in [0.15, 0.2) is 0 Å². The number of carbonyl (C=O) groups is 1. The monoisotopic (exact) mass is 495 g/mol. The average Bonchev–Trinajstić information content (AvgIpc) is 3.37. The predicted octanol–water partition coefficient (Wildman–Crippen LogP) is 5.02. The van der Waals surface area contributed by atoms with Crippen LogP contribution in [0.15, 0.2) is 54.7 Å². The Morgan fingerprint density at radius 3 is 2.59 bits per heavy atom. The molecule has 4 rings (SSSR count). The van der Waals surface area contributed by atoms with E-state index >= 15 is 0 Å². The summed E-state index contributed by atoms with van der Waals surface area (Å²) in [5.41, 5.74) is 5.21. The van der Waals surface area contributed by atoms with E-state index in [1.807, 2.05) is 49.5 Å². The quantitative estimate of drug-likeness (QED) is 0.324. The van der Waals surface area contributed by atoms with Gasteiger partial charge < -0.3 is 5.11 Å². The van der Waals surface area contributed by atoms with Gasteiger partial charge in [0.25, 0.3) is 0 Å². The number of hydrogen-bond donors (Lipinski definition) is 1. The van der Waals surface area contributed by atoms with Gasteiger partial charge in [0, 0.05) is 17.2 Å². The van der Waals surface area contributed by atoms with Crippen molar-refractivity contribution in [2.75, 3.05) is 0 Å². The summed E-state index contributed by atoms with van der Waals surface area (Å²) in [5.74, 6) is -0.330. The maximum Gasteiger partial charge on any atom is 0.306 e. The van der Waals surface area contributed by atoms with Gasteiger partial charge in [-0.1, -0.05) is 37.3 Å². The van der Waals surface area contributed by atoms with Crippen molar-refractivity contribution in [2.24, 2.45) is 5.92 Å². The second-order valence-corrected chi connectivity index (χ2v) is 9.16. The van der Waals surface area contributed by atoms with Crippen molar-refractivity contribution in [3.05, 3.63) is 77.5 Å². The molecule has 0 aliphatic rings. The Morgan fingerprint density at radius 2 is 1.84 bits per heavy atom. The molecule has 9 nitrogen and oxygen atoms in total. The highest BCUT2D eigenvalue weighted by Gasteiger charge is 2.17. The van der Waals surface area contributed by atoms with Crippen molar-refractivity contribution in [1.82, 2.24) is 29.9 Å². The van der Waals surface area contributed by atoms with E-state index in [1.54, 1.807) is 23.7 Å². The van der Waals surface area contributed by atoms with Gasteiger partial charge in [-0.3, -0.25) is 9.78 Å². The molecular weight excluding hydrogens is 466 g/mol. The molecule has 9 heteroatoms. The molecule has 0 radical (unpaired) electrons. The van der Waals surface area contributed by atoms with Crippen LogP contribution in [0.1, 0.15) is 61.8 Å². The van der Waals surface area contributed by atoms with Crippen LogP contribution in [0.4, 0.5) is 0 Å². The molecule has 0 spiro atoms. The van der Waals surface area contributed by atoms with Gasteiger partial charge >= 0.3 is 5.97 Å². The first kappa shape index (κ1) is 25.6. The van der Waals surface area contributed by atoms with Gasteiger partial charge in [-0.25, -0.2) is 14.6 Å². The normalized spacial score (nSPS) is 12.6. The van der Waals surface area contributed by atoms with Crippen LogP contribution in [-0.4, -0.2) is 41.0 Å². The van der Waals surface area contributed by atoms with Gasteiger partial charge in [-0.2, -0.15) is 5.26 Å². The van der Waals surface area contributed by atoms with E-state index in [1.165, 1.54) is 0 Å². The highest BCUT2D eigenvalue weighted by Crippen LogP contribution is 2.26. The first-order valence-electron chi connectivity index (χ1n) is 12.3. The molecule has 3 heterocycles. The zero-order valence-corrected chi connectivity index (χ0v) is 21.2. The van der Waals surface area contributed by atoms with E-state index in [0.29, 0.717) is 41.4 Å². The van der Waals surface area contributed by atoms with Gasteiger partial charge in [0.2, 0.25) is 0 Å². The molecule has 0 amide bonds. The molecule has 1 aromatic carbocycles. The topological polar surface area (TPSA) is 130 Å². The van der Waals surface area contributed by atoms with Crippen LogP contribution in [-0.2, 0) is 11.3 Å². The van der Waals surface area contributed by atoms with Crippen LogP contribution in [0.2, 0.25) is 0 Å². The minimum absolute atomic E-state index is 0.204. The van der Waals surface area contributed by atoms with Crippen LogP contribution in [0.3, 0.4) is 0 Å². The molecule has 0 saturated heterocycles. The summed E-state index contributed by atoms with van der Waals surface area (Å²) in [5, 5.41) is 27.0. The average molecular weight is 496 g/mol. The summed E-state index contributed by atoms with van der Waals surface area (Å²) in [6.45, 7) is 6.11. The van der Waals surface area contributed by atoms with Crippen molar-refractivity contribution < 1.29 is 9.90 Å². The highest BCUT2D eigenvalue weighted by molar-refractivity contribution is 5.69. The molecule has 0 aliphatic heterocycles. The molecule has 1 N–H and O–H groups in total. The Balaban J connectivity index is 1.52. The zero-order valence-electron chi connectivity index (χ0n) is 21.2. The van der Waals surface area contributed by atoms with E-state index in [9.17, 15) is 15.2 Å². The molecule has 0 unspecified atom stereocenters. The fraction of sp³-hybridized carbons (Fsp3) is 0.321. The van der Waals surface area contributed by atoms with Gasteiger partial charge in [0.05, 0.1) is 47.4 Å². The molecule has 0 saturated carbocycles. The molecule has 2 atom stereocenters. The lowest BCUT2D eigenvalue weighted by Gasteiger charge is -2.16. The zero-order chi connectivity index (χ0) is 26.4. The molecule has 37 heavy (non-hydrogen) atoms. The molecule has 0 fully saturated rings. The summed E-state index contributed by atoms with van der Waals surface area (Å²) in [4.78, 5) is 25.1. The number of carboxylic acids is 1. The first-order valence-corrected chi connectivity index (χ1v) is 12.3. The van der Waals surface area contributed by atoms with Crippen molar-refractivity contribution in [1.29, 1.82) is 5.26 Å². The Morgan fingerprint density at radius 1 is 1.05 bits per heavy atom. The number of aliphatic carboxylic acids is 1. The molecule has 188 valence electrons. The second kappa shape index (κ2) is 11.5. The minimum Gasteiger partial charge on any atom is -0.481 e. The number of nitriles is 1. The number of nitrogens with zero attached hydrogens (tertiary/aromatic N) is 7. The lowest BCUT2D eigenvalue weighted by atomic mass is 9.92. The third-order valence-electron chi connectivity index (χ3n) is 6.36. The lowest BCUT2D eigenvalue weighted by Crippen LogP contribution is -2.12. The molecule has 0 bridgehead atoms. The van der Waals surface area contributed by atoms with E-state index < -0.39 is 5.97 Å². The smallest absolute Gasteiger partial charge is 0.306 e. The van der Waals surface area contributed by atoms with E-state index in [-0.39, 0.29) is 11.8 Å².